The third-order valence-corrected chi connectivity index (χ3v) is 0.274. The molecule has 4 nitrogen and oxygen atoms in total. The molecule has 0 aliphatic heterocycles. The first-order valence-corrected chi connectivity index (χ1v) is 4.39. The van der Waals surface area contributed by atoms with E-state index in [4.69, 9.17) is 11.7 Å². The third kappa shape index (κ3) is 273. The Labute approximate surface area is 107 Å². The fraction of sp³-hybridized carbons (Fsp3) is 0.800. The molecule has 0 aromatic carbocycles. The lowest BCUT2D eigenvalue weighted by Gasteiger charge is -2.10. The number of aliphatic hydroxyl groups excluding tert-OH is 1. The maximum atomic E-state index is 9.33. The summed E-state index contributed by atoms with van der Waals surface area (Å²) in [5.74, 6) is -0.0833. The van der Waals surface area contributed by atoms with Crippen LogP contribution in [0.15, 0.2) is 0 Å². The van der Waals surface area contributed by atoms with Gasteiger partial charge in [0.1, 0.15) is 14.5 Å². The van der Waals surface area contributed by atoms with E-state index in [1.54, 1.807) is 20.8 Å². The largest absolute Gasteiger partial charge is 0.400 e. The lowest BCUT2D eigenvalue weighted by Crippen LogP contribution is -2.15. The summed E-state index contributed by atoms with van der Waals surface area (Å²) in [6.07, 6.45) is 0. The second-order valence-corrected chi connectivity index (χ2v) is 2.91. The van der Waals surface area contributed by atoms with Crippen molar-refractivity contribution in [3.63, 3.8) is 0 Å². The molecular weight excluding hydrogens is 226 g/mol. The Hall–Kier alpha value is -0.0851. The Kier molecular flexibility index (Phi) is 54.6. The van der Waals surface area contributed by atoms with E-state index >= 15 is 0 Å². The van der Waals surface area contributed by atoms with Crippen LogP contribution in [-0.2, 0) is 9.68 Å². The van der Waals surface area contributed by atoms with E-state index in [9.17, 15) is 4.79 Å². The SMILES string of the molecule is C.C.CC(C)(C)OO.CO.[3H][B]P.[CH2+]C(C)=O. The van der Waals surface area contributed by atoms with Crippen LogP contribution in [-0.4, -0.2) is 37.7 Å². The van der Waals surface area contributed by atoms with E-state index in [1.807, 2.05) is 0 Å². The second kappa shape index (κ2) is 29.4. The molecule has 1 unspecified atom stereocenters. The number of carbonyl (C=O) groups excluding carboxylic acids is 1. The van der Waals surface area contributed by atoms with Crippen LogP contribution >= 0.6 is 9.12 Å². The van der Waals surface area contributed by atoms with E-state index < -0.39 is 5.60 Å². The minimum atomic E-state index is -0.403. The Morgan fingerprint density at radius 1 is 1.44 bits per heavy atom. The molecule has 0 aromatic heterocycles. The van der Waals surface area contributed by atoms with Gasteiger partial charge in [-0.3, -0.25) is 5.26 Å². The zero-order valence-corrected chi connectivity index (χ0v) is 10.7. The molecule has 0 saturated heterocycles. The number of hydrogen-bond acceptors (Lipinski definition) is 4. The summed E-state index contributed by atoms with van der Waals surface area (Å²) in [6.45, 7) is 9.73. The van der Waals surface area contributed by atoms with Crippen LogP contribution in [0, 0.1) is 6.92 Å². The van der Waals surface area contributed by atoms with Crippen molar-refractivity contribution in [2.45, 2.75) is 48.1 Å². The van der Waals surface area contributed by atoms with Crippen LogP contribution in [0.4, 0.5) is 0 Å². The highest BCUT2D eigenvalue weighted by atomic mass is 31.0. The second-order valence-electron chi connectivity index (χ2n) is 2.91. The normalized spacial score (nSPS) is 7.38. The number of rotatable bonds is 0. The van der Waals surface area contributed by atoms with E-state index in [1.165, 1.54) is 14.5 Å². The van der Waals surface area contributed by atoms with Crippen LogP contribution in [0.25, 0.3) is 0 Å². The molecule has 0 saturated carbocycles. The molecule has 0 heterocycles. The van der Waals surface area contributed by atoms with Crippen LogP contribution in [0.2, 0.25) is 0 Å². The van der Waals surface area contributed by atoms with Crippen molar-refractivity contribution in [2.24, 2.45) is 0 Å². The van der Waals surface area contributed by atoms with Gasteiger partial charge < -0.3 is 5.11 Å². The van der Waals surface area contributed by atoms with Gasteiger partial charge in [-0.2, -0.15) is 9.12 Å². The minimum Gasteiger partial charge on any atom is -0.400 e. The highest BCUT2D eigenvalue weighted by molar-refractivity contribution is 7.49. The average Bonchev–Trinajstić information content (AvgIpc) is 2.07. The molecule has 0 amide bonds. The predicted molar refractivity (Wildman–Crippen MR) is 78.0 cm³/mol. The summed E-state index contributed by atoms with van der Waals surface area (Å²) >= 11 is 0. The van der Waals surface area contributed by atoms with Gasteiger partial charge >= 0.3 is 0 Å². The standard InChI is InChI=1S/C4H10O2.C3H5O.CH4O.2CH4.BH3P/c1-4(2,3)6-5;1-3(2)4;1-2;;;1-2/h5H,1-3H3;1H2,2H3;2H,1H3;2*1H4;1H,2H2/q;+1;;;;/i;;;;;1T. The smallest absolute Gasteiger partial charge is 0.300 e. The van der Waals surface area contributed by atoms with Crippen molar-refractivity contribution in [3.05, 3.63) is 6.92 Å². The Morgan fingerprint density at radius 3 is 1.50 bits per heavy atom. The van der Waals surface area contributed by atoms with Crippen molar-refractivity contribution in [3.8, 4) is 0 Å². The maximum Gasteiger partial charge on any atom is 0.300 e. The van der Waals surface area contributed by atoms with E-state index in [-0.39, 0.29) is 20.6 Å². The van der Waals surface area contributed by atoms with Gasteiger partial charge in [-0.05, 0) is 22.1 Å². The molecule has 0 spiro atoms. The molecule has 0 aliphatic rings. The van der Waals surface area contributed by atoms with E-state index in [2.05, 4.69) is 20.9 Å². The molecule has 0 bridgehead atoms. The van der Waals surface area contributed by atoms with Gasteiger partial charge in [0.15, 0.2) is 0 Å². The first-order valence-electron chi connectivity index (χ1n) is 4.30. The highest BCUT2D eigenvalue weighted by Gasteiger charge is 2.06. The number of carbonyl (C=O) groups is 1. The van der Waals surface area contributed by atoms with Crippen LogP contribution < -0.4 is 0 Å². The zero-order valence-electron chi connectivity index (χ0n) is 10.6. The molecule has 16 heavy (non-hydrogen) atoms. The summed E-state index contributed by atoms with van der Waals surface area (Å²) < 4.78 is 6.05. The first kappa shape index (κ1) is 29.7. The van der Waals surface area contributed by atoms with Crippen molar-refractivity contribution in [1.29, 1.82) is 1.34 Å². The van der Waals surface area contributed by atoms with Crippen LogP contribution in [0.5, 0.6) is 0 Å². The molecule has 0 aliphatic carbocycles. The molecule has 1 radical (unpaired) electrons. The van der Waals surface area contributed by atoms with Gasteiger partial charge in [0.05, 0.1) is 5.60 Å². The maximum absolute atomic E-state index is 9.33. The number of aliphatic hydroxyl groups is 1. The van der Waals surface area contributed by atoms with E-state index in [0.717, 1.165) is 7.11 Å². The summed E-state index contributed by atoms with van der Waals surface area (Å²) in [6, 6.07) is 0. The topological polar surface area (TPSA) is 66.8 Å². The quantitative estimate of drug-likeness (QED) is 0.230. The summed E-state index contributed by atoms with van der Waals surface area (Å²) in [5, 5.41) is 14.9. The molecule has 1 atom stereocenters. The van der Waals surface area contributed by atoms with Crippen molar-refractivity contribution in [1.82, 2.24) is 0 Å². The van der Waals surface area contributed by atoms with Gasteiger partial charge in [-0.15, -0.1) is 0 Å². The van der Waals surface area contributed by atoms with Gasteiger partial charge in [0.2, 0.25) is 0 Å². The van der Waals surface area contributed by atoms with Crippen molar-refractivity contribution in [2.75, 3.05) is 7.11 Å². The monoisotopic (exact) mass is 258 g/mol. The predicted octanol–water partition coefficient (Wildman–Crippen LogP) is 2.24. The van der Waals surface area contributed by atoms with Crippen molar-refractivity contribution < 1.29 is 20.0 Å². The Morgan fingerprint density at radius 2 is 1.50 bits per heavy atom. The van der Waals surface area contributed by atoms with Gasteiger partial charge in [0, 0.05) is 14.0 Å². The number of ketones is 1. The highest BCUT2D eigenvalue weighted by Crippen LogP contribution is 2.01. The third-order valence-electron chi connectivity index (χ3n) is 0.274. The lowest BCUT2D eigenvalue weighted by molar-refractivity contribution is -0.306. The Balaban J connectivity index is -0.0000000246. The van der Waals surface area contributed by atoms with Crippen LogP contribution in [0.1, 0.15) is 42.5 Å². The number of Topliss-reactive ketones (excluding diaryl/α,β-unsaturated/α-hetero) is 1. The first-order chi connectivity index (χ1) is 6.71. The molecule has 101 valence electrons. The summed E-state index contributed by atoms with van der Waals surface area (Å²) in [4.78, 5) is 13.3. The zero-order chi connectivity index (χ0) is 13.5. The fourth-order valence-corrected chi connectivity index (χ4v) is 0. The Bertz CT molecular complexity index is 117. The van der Waals surface area contributed by atoms with Crippen molar-refractivity contribution >= 4 is 22.4 Å². The summed E-state index contributed by atoms with van der Waals surface area (Å²) in [5.41, 5.74) is -0.403. The van der Waals surface area contributed by atoms with Crippen LogP contribution in [0.3, 0.4) is 0 Å². The summed E-state index contributed by atoms with van der Waals surface area (Å²) in [7, 11) is 4.29. The lowest BCUT2D eigenvalue weighted by atomic mass is 10.2. The average molecular weight is 258 g/mol. The molecular formula is C10H30BO4P+. The van der Waals surface area contributed by atoms with Gasteiger partial charge in [0.25, 0.3) is 5.78 Å². The fourth-order valence-electron chi connectivity index (χ4n) is 0. The minimum absolute atomic E-state index is 0. The van der Waals surface area contributed by atoms with E-state index in [0.29, 0.717) is 0 Å². The molecule has 6 heteroatoms. The molecule has 2 N–H and O–H groups in total. The van der Waals surface area contributed by atoms with Gasteiger partial charge in [-0.25, -0.2) is 9.68 Å². The van der Waals surface area contributed by atoms with Gasteiger partial charge in [-0.1, -0.05) is 14.9 Å². The number of hydrogen-bond donors (Lipinski definition) is 2. The molecule has 0 aromatic rings. The molecule has 0 fully saturated rings. The molecule has 0 rings (SSSR count).